The summed E-state index contributed by atoms with van der Waals surface area (Å²) in [5, 5.41) is 19.6. The van der Waals surface area contributed by atoms with Crippen LogP contribution < -0.4 is 50.3 Å². The molecule has 0 radical (unpaired) electrons. The highest BCUT2D eigenvalue weighted by atomic mass is 32.2. The maximum atomic E-state index is 12.8. The van der Waals surface area contributed by atoms with E-state index in [9.17, 15) is 24.0 Å². The number of pyridine rings is 6. The second-order valence-corrected chi connectivity index (χ2v) is 36.4. The SMILES string of the molecule is CCn1nc(NC(=O)c2cc3c(nc2OC)CCCCC3)cc1C.COc1cc2c(cc1C(=O)Nc1cccnc1SC)CCCCC2.COc1nc2c(cc1C(=O)Nc1ccc(C(C)(C)C)cc1)CCCCC2.COc1nc2c(cc1C(=O)Nc1ccc(C(C)(C)C)cn1)CCCCC2.COc1nc2c(cc1C(=O)Nc1ncc(C(C)(C)C)cn1)CCCCC2. The average molecular weight is 1730 g/mol. The molecule has 15 rings (SSSR count). The summed E-state index contributed by atoms with van der Waals surface area (Å²) in [6, 6.07) is 29.2. The maximum Gasteiger partial charge on any atom is 0.263 e. The summed E-state index contributed by atoms with van der Waals surface area (Å²) < 4.78 is 28.8. The van der Waals surface area contributed by atoms with Crippen molar-refractivity contribution in [3.8, 4) is 29.3 Å². The topological polar surface area (TPSA) is 313 Å². The van der Waals surface area contributed by atoms with Crippen molar-refractivity contribution in [2.45, 2.75) is 264 Å². The molecule has 0 aliphatic heterocycles. The first kappa shape index (κ1) is 95.0. The monoisotopic (exact) mass is 1730 g/mol. The number of anilines is 5. The Morgan fingerprint density at radius 3 is 1.14 bits per heavy atom. The van der Waals surface area contributed by atoms with Crippen molar-refractivity contribution < 1.29 is 47.7 Å². The zero-order valence-electron chi connectivity index (χ0n) is 76.8. The van der Waals surface area contributed by atoms with Crippen molar-refractivity contribution in [1.82, 2.24) is 49.7 Å². The van der Waals surface area contributed by atoms with Crippen LogP contribution in [-0.4, -0.2) is 121 Å². The molecule has 5 amide bonds. The number of carbonyl (C=O) groups is 5. The normalized spacial score (nSPS) is 14.1. The van der Waals surface area contributed by atoms with Gasteiger partial charge in [0.2, 0.25) is 29.5 Å². The third-order valence-electron chi connectivity index (χ3n) is 23.3. The second-order valence-electron chi connectivity index (χ2n) is 35.6. The molecule has 2 aromatic carbocycles. The lowest BCUT2D eigenvalue weighted by molar-refractivity contribution is 0.101. The lowest BCUT2D eigenvalue weighted by Crippen LogP contribution is -2.18. The number of methoxy groups -OCH3 is 5. The van der Waals surface area contributed by atoms with Crippen LogP contribution in [0.2, 0.25) is 0 Å². The van der Waals surface area contributed by atoms with Gasteiger partial charge in [-0.05, 0) is 282 Å². The van der Waals surface area contributed by atoms with Crippen LogP contribution in [0, 0.1) is 6.92 Å². The van der Waals surface area contributed by atoms with Gasteiger partial charge in [-0.2, -0.15) is 5.10 Å². The Morgan fingerprint density at radius 2 is 0.754 bits per heavy atom. The number of benzene rings is 2. The van der Waals surface area contributed by atoms with Crippen molar-refractivity contribution in [1.29, 1.82) is 0 Å². The Labute approximate surface area is 747 Å². The third-order valence-corrected chi connectivity index (χ3v) is 24.0. The number of carbonyl (C=O) groups excluding carboxylic acids is 5. The van der Waals surface area contributed by atoms with Gasteiger partial charge >= 0.3 is 0 Å². The molecule has 0 fully saturated rings. The predicted octanol–water partition coefficient (Wildman–Crippen LogP) is 20.4. The van der Waals surface area contributed by atoms with E-state index < -0.39 is 0 Å². The van der Waals surface area contributed by atoms with Crippen molar-refractivity contribution in [2.75, 3.05) is 68.4 Å². The van der Waals surface area contributed by atoms with Crippen molar-refractivity contribution >= 4 is 70.3 Å². The fraction of sp³-hybridized carbons (Fsp3) is 0.460. The lowest BCUT2D eigenvalue weighted by atomic mass is 9.87. The largest absolute Gasteiger partial charge is 0.496 e. The number of hydrogen-bond donors (Lipinski definition) is 5. The van der Waals surface area contributed by atoms with Crippen LogP contribution in [0.1, 0.15) is 296 Å². The van der Waals surface area contributed by atoms with E-state index in [1.807, 2.05) is 110 Å². The summed E-state index contributed by atoms with van der Waals surface area (Å²) in [4.78, 5) is 99.4. The number of aromatic nitrogens is 10. The molecule has 0 bridgehead atoms. The molecule has 0 unspecified atom stereocenters. The highest BCUT2D eigenvalue weighted by Gasteiger charge is 2.28. The van der Waals surface area contributed by atoms with Gasteiger partial charge in [0.25, 0.3) is 29.5 Å². The van der Waals surface area contributed by atoms with Gasteiger partial charge in [0, 0.05) is 71.6 Å². The molecule has 8 heterocycles. The van der Waals surface area contributed by atoms with Crippen LogP contribution in [0.4, 0.5) is 29.0 Å². The molecule has 0 atom stereocenters. The molecule has 8 aromatic heterocycles. The molecule has 10 aromatic rings. The fourth-order valence-corrected chi connectivity index (χ4v) is 16.4. The minimum atomic E-state index is -0.301. The molecule has 5 aliphatic rings. The van der Waals surface area contributed by atoms with Crippen molar-refractivity contribution in [3.05, 3.63) is 222 Å². The minimum Gasteiger partial charge on any atom is -0.496 e. The summed E-state index contributed by atoms with van der Waals surface area (Å²) in [7, 11) is 7.83. The molecule has 5 N–H and O–H groups in total. The summed E-state index contributed by atoms with van der Waals surface area (Å²) in [5.41, 5.74) is 19.9. The van der Waals surface area contributed by atoms with Gasteiger partial charge < -0.3 is 45.0 Å². The van der Waals surface area contributed by atoms with Gasteiger partial charge in [0.05, 0.1) is 46.8 Å². The van der Waals surface area contributed by atoms with Gasteiger partial charge in [0.1, 0.15) is 38.8 Å². The fourth-order valence-electron chi connectivity index (χ4n) is 15.9. The van der Waals surface area contributed by atoms with E-state index in [4.69, 9.17) is 23.7 Å². The average Bonchev–Trinajstić information content (AvgIpc) is 1.37. The predicted molar refractivity (Wildman–Crippen MR) is 500 cm³/mol. The summed E-state index contributed by atoms with van der Waals surface area (Å²) in [5.74, 6) is 2.44. The first-order valence-electron chi connectivity index (χ1n) is 44.5. The Balaban J connectivity index is 0.000000153. The molecule has 0 spiro atoms. The first-order valence-corrected chi connectivity index (χ1v) is 45.7. The quantitative estimate of drug-likeness (QED) is 0.0418. The Bertz CT molecular complexity index is 5100. The zero-order chi connectivity index (χ0) is 90.2. The number of rotatable bonds is 17. The number of amides is 5. The van der Waals surface area contributed by atoms with E-state index in [1.54, 1.807) is 47.0 Å². The highest BCUT2D eigenvalue weighted by Crippen LogP contribution is 2.36. The van der Waals surface area contributed by atoms with Crippen molar-refractivity contribution in [3.63, 3.8) is 0 Å². The van der Waals surface area contributed by atoms with Gasteiger partial charge in [-0.1, -0.05) is 113 Å². The van der Waals surface area contributed by atoms with E-state index in [1.165, 1.54) is 86.1 Å². The molecule has 0 saturated heterocycles. The number of nitrogens with zero attached hydrogens (tertiary/aromatic N) is 10. The number of ether oxygens (including phenoxy) is 5. The Hall–Kier alpha value is -11.7. The number of thioether (sulfide) groups is 1. The van der Waals surface area contributed by atoms with E-state index in [-0.39, 0.29) is 51.7 Å². The molecule has 0 saturated carbocycles. The minimum absolute atomic E-state index is 0.0275. The van der Waals surface area contributed by atoms with Crippen LogP contribution >= 0.6 is 11.8 Å². The van der Waals surface area contributed by atoms with Crippen LogP contribution in [0.5, 0.6) is 29.3 Å². The summed E-state index contributed by atoms with van der Waals surface area (Å²) in [6.07, 6.45) is 36.2. The van der Waals surface area contributed by atoms with Gasteiger partial charge in [-0.25, -0.2) is 39.9 Å². The van der Waals surface area contributed by atoms with E-state index in [0.29, 0.717) is 68.7 Å². The van der Waals surface area contributed by atoms with E-state index in [2.05, 4.69) is 146 Å². The third kappa shape index (κ3) is 25.6. The molecule has 5 aliphatic carbocycles. The second kappa shape index (κ2) is 44.5. The van der Waals surface area contributed by atoms with Gasteiger partial charge in [-0.15, -0.1) is 11.8 Å². The number of fused-ring (bicyclic) bond motifs is 5. The van der Waals surface area contributed by atoms with Crippen molar-refractivity contribution in [2.24, 2.45) is 0 Å². The summed E-state index contributed by atoms with van der Waals surface area (Å²) in [6.45, 7) is 24.0. The van der Waals surface area contributed by atoms with E-state index >= 15 is 0 Å². The van der Waals surface area contributed by atoms with Gasteiger partial charge in [-0.3, -0.25) is 34.0 Å². The maximum absolute atomic E-state index is 12.8. The smallest absolute Gasteiger partial charge is 0.263 e. The molecular formula is C100H127N15O10S. The van der Waals surface area contributed by atoms with E-state index in [0.717, 1.165) is 195 Å². The first-order chi connectivity index (χ1) is 60.5. The Kier molecular flexibility index (Phi) is 33.5. The van der Waals surface area contributed by atoms with Crippen LogP contribution in [0.3, 0.4) is 0 Å². The zero-order valence-corrected chi connectivity index (χ0v) is 77.6. The standard InChI is InChI=1S/C22H28N2O2.C21H27N3O2.C20H26N4O2.C19H22N2O2S.C18H24N4O2/c1-22(2,3)16-10-12-17(13-11-16)23-20(25)18-14-15-8-6-5-7-9-19(15)24-21(18)26-4;1-21(2,3)15-10-11-18(22-13-15)24-19(25)16-12-14-8-6-5-7-9-17(14)23-20(16)26-4;1-20(2,3)14-11-21-19(22-12-14)24-17(25)15-10-13-8-6-5-7-9-16(13)23-18(15)26-4;1-23-17-12-14-8-5-3-4-7-13(14)11-15(17)18(22)21-16-9-6-10-20-19(16)24-2;1-4-22-12(2)10-16(21-22)20-17(23)14-11-13-8-6-5-7-9-15(13)19-18(14)24-3/h10-14H,5-9H2,1-4H3,(H,23,25);10-13H,5-9H2,1-4H3,(H,22,24,25);10-12H,5-9H2,1-4H3,(H,21,22,24,25);6,9-12H,3-5,7-8H2,1-2H3,(H,21,22);10-11H,4-9H2,1-3H3,(H,20,21,23). The number of aryl methyl sites for hydroxylation is 12. The molecular weight excluding hydrogens is 1600 g/mol. The molecule has 668 valence electrons. The van der Waals surface area contributed by atoms with Crippen LogP contribution in [0.25, 0.3) is 0 Å². The van der Waals surface area contributed by atoms with Crippen LogP contribution in [0.15, 0.2) is 121 Å². The summed E-state index contributed by atoms with van der Waals surface area (Å²) >= 11 is 1.51. The van der Waals surface area contributed by atoms with Crippen LogP contribution in [-0.2, 0) is 87.0 Å². The molecule has 26 heteroatoms. The number of hydrogen-bond acceptors (Lipinski definition) is 20. The molecule has 126 heavy (non-hydrogen) atoms. The number of nitrogens with one attached hydrogen (secondary N) is 5. The molecule has 25 nitrogen and oxygen atoms in total. The van der Waals surface area contributed by atoms with Gasteiger partial charge in [0.15, 0.2) is 5.82 Å². The lowest BCUT2D eigenvalue weighted by Gasteiger charge is -2.19. The Morgan fingerprint density at radius 1 is 0.381 bits per heavy atom. The highest BCUT2D eigenvalue weighted by molar-refractivity contribution is 7.98.